The average Bonchev–Trinajstić information content (AvgIpc) is 3.00. The van der Waals surface area contributed by atoms with E-state index in [0.29, 0.717) is 10.9 Å². The third-order valence-electron chi connectivity index (χ3n) is 3.79. The van der Waals surface area contributed by atoms with Crippen molar-refractivity contribution in [3.05, 3.63) is 71.5 Å². The number of nitrogens with zero attached hydrogens (tertiary/aromatic N) is 2. The molecule has 0 radical (unpaired) electrons. The molecule has 0 saturated carbocycles. The molecule has 0 aliphatic rings. The second-order valence-electron chi connectivity index (χ2n) is 5.37. The fraction of sp³-hybridized carbons (Fsp3) is 0.0526. The Labute approximate surface area is 138 Å². The summed E-state index contributed by atoms with van der Waals surface area (Å²) in [7, 11) is 0. The van der Waals surface area contributed by atoms with Crippen molar-refractivity contribution in [2.45, 2.75) is 6.92 Å². The quantitative estimate of drug-likeness (QED) is 0.456. The van der Waals surface area contributed by atoms with Gasteiger partial charge in [0.2, 0.25) is 0 Å². The third kappa shape index (κ3) is 2.39. The molecule has 2 heterocycles. The molecule has 4 rings (SSSR count). The van der Waals surface area contributed by atoms with Crippen LogP contribution in [0.3, 0.4) is 0 Å². The highest BCUT2D eigenvalue weighted by atomic mass is 35.5. The summed E-state index contributed by atoms with van der Waals surface area (Å²) in [6, 6.07) is 20.0. The molecule has 2 aromatic heterocycles. The van der Waals surface area contributed by atoms with E-state index in [4.69, 9.17) is 16.1 Å². The lowest BCUT2D eigenvalue weighted by molar-refractivity contribution is 0.427. The lowest BCUT2D eigenvalue weighted by atomic mass is 9.95. The molecule has 2 aromatic carbocycles. The van der Waals surface area contributed by atoms with Crippen LogP contribution in [0.4, 0.5) is 0 Å². The zero-order chi connectivity index (χ0) is 15.8. The molecule has 3 nitrogen and oxygen atoms in total. The first-order valence-electron chi connectivity index (χ1n) is 7.31. The van der Waals surface area contributed by atoms with Crippen LogP contribution in [-0.4, -0.2) is 10.1 Å². The first kappa shape index (κ1) is 14.0. The molecule has 4 heteroatoms. The number of hydrogen-bond donors (Lipinski definition) is 0. The summed E-state index contributed by atoms with van der Waals surface area (Å²) >= 11 is 6.50. The smallest absolute Gasteiger partial charge is 0.170 e. The second kappa shape index (κ2) is 5.52. The van der Waals surface area contributed by atoms with Crippen molar-refractivity contribution in [2.75, 3.05) is 0 Å². The Hall–Kier alpha value is -2.65. The Bertz CT molecular complexity index is 993. The maximum Gasteiger partial charge on any atom is 0.170 e. The Morgan fingerprint density at radius 2 is 1.65 bits per heavy atom. The molecule has 4 aromatic rings. The minimum absolute atomic E-state index is 0.415. The minimum atomic E-state index is 0.415. The normalized spacial score (nSPS) is 11.0. The molecular weight excluding hydrogens is 308 g/mol. The molecule has 0 unspecified atom stereocenters. The van der Waals surface area contributed by atoms with Crippen molar-refractivity contribution in [3.8, 4) is 22.5 Å². The zero-order valence-corrected chi connectivity index (χ0v) is 13.2. The van der Waals surface area contributed by atoms with Crippen LogP contribution in [0.1, 0.15) is 5.69 Å². The molecule has 112 valence electrons. The van der Waals surface area contributed by atoms with Gasteiger partial charge in [0.25, 0.3) is 0 Å². The lowest BCUT2D eigenvalue weighted by Gasteiger charge is -2.12. The fourth-order valence-corrected chi connectivity index (χ4v) is 3.07. The van der Waals surface area contributed by atoms with E-state index in [-0.39, 0.29) is 0 Å². The largest absolute Gasteiger partial charge is 0.356 e. The average molecular weight is 321 g/mol. The molecule has 0 fully saturated rings. The Morgan fingerprint density at radius 3 is 2.39 bits per heavy atom. The van der Waals surface area contributed by atoms with Crippen LogP contribution in [0.5, 0.6) is 0 Å². The maximum atomic E-state index is 6.50. The van der Waals surface area contributed by atoms with E-state index in [1.807, 2.05) is 55.5 Å². The summed E-state index contributed by atoms with van der Waals surface area (Å²) in [5, 5.41) is 5.44. The van der Waals surface area contributed by atoms with E-state index < -0.39 is 0 Å². The third-order valence-corrected chi connectivity index (χ3v) is 4.06. The highest BCUT2D eigenvalue weighted by Crippen LogP contribution is 2.41. The Balaban J connectivity index is 2.15. The van der Waals surface area contributed by atoms with Crippen molar-refractivity contribution < 1.29 is 4.52 Å². The number of hydrogen-bond acceptors (Lipinski definition) is 3. The van der Waals surface area contributed by atoms with Gasteiger partial charge in [-0.05, 0) is 18.6 Å². The van der Waals surface area contributed by atoms with Gasteiger partial charge in [-0.3, -0.25) is 0 Å². The van der Waals surface area contributed by atoms with Crippen LogP contribution >= 0.6 is 11.6 Å². The molecule has 0 bridgehead atoms. The van der Waals surface area contributed by atoms with Crippen LogP contribution in [0.25, 0.3) is 33.4 Å². The highest BCUT2D eigenvalue weighted by Gasteiger charge is 2.20. The standard InChI is InChI=1S/C19H13ClN2O/c1-12-11-16(23-22-12)18-17(13-7-3-2-4-8-13)14-9-5-6-10-15(14)21-19(18)20/h2-11H,1H3. The van der Waals surface area contributed by atoms with Crippen LogP contribution in [-0.2, 0) is 0 Å². The summed E-state index contributed by atoms with van der Waals surface area (Å²) in [5.74, 6) is 0.629. The molecule has 0 spiro atoms. The number of halogens is 1. The lowest BCUT2D eigenvalue weighted by Crippen LogP contribution is -1.92. The molecule has 0 N–H and O–H groups in total. The van der Waals surface area contributed by atoms with Gasteiger partial charge in [-0.15, -0.1) is 0 Å². The van der Waals surface area contributed by atoms with Gasteiger partial charge in [-0.1, -0.05) is 65.3 Å². The number of rotatable bonds is 2. The van der Waals surface area contributed by atoms with E-state index in [1.54, 1.807) is 0 Å². The number of pyridine rings is 1. The topological polar surface area (TPSA) is 38.9 Å². The van der Waals surface area contributed by atoms with Crippen molar-refractivity contribution >= 4 is 22.5 Å². The fourth-order valence-electron chi connectivity index (χ4n) is 2.79. The van der Waals surface area contributed by atoms with Gasteiger partial charge < -0.3 is 4.52 Å². The number of fused-ring (bicyclic) bond motifs is 1. The predicted molar refractivity (Wildman–Crippen MR) is 92.4 cm³/mol. The number of aryl methyl sites for hydroxylation is 1. The Kier molecular flexibility index (Phi) is 3.36. The van der Waals surface area contributed by atoms with Crippen molar-refractivity contribution in [1.29, 1.82) is 0 Å². The van der Waals surface area contributed by atoms with Crippen LogP contribution in [0, 0.1) is 6.92 Å². The molecule has 0 saturated heterocycles. The van der Waals surface area contributed by atoms with Gasteiger partial charge in [-0.25, -0.2) is 4.98 Å². The van der Waals surface area contributed by atoms with Crippen molar-refractivity contribution in [3.63, 3.8) is 0 Å². The second-order valence-corrected chi connectivity index (χ2v) is 5.73. The van der Waals surface area contributed by atoms with Gasteiger partial charge >= 0.3 is 0 Å². The summed E-state index contributed by atoms with van der Waals surface area (Å²) < 4.78 is 5.47. The molecule has 0 atom stereocenters. The van der Waals surface area contributed by atoms with Gasteiger partial charge in [-0.2, -0.15) is 0 Å². The van der Waals surface area contributed by atoms with E-state index >= 15 is 0 Å². The first-order valence-corrected chi connectivity index (χ1v) is 7.69. The van der Waals surface area contributed by atoms with Gasteiger partial charge in [0, 0.05) is 17.0 Å². The molecular formula is C19H13ClN2O. The molecule has 0 amide bonds. The van der Waals surface area contributed by atoms with Gasteiger partial charge in [0.05, 0.1) is 16.8 Å². The minimum Gasteiger partial charge on any atom is -0.356 e. The SMILES string of the molecule is Cc1cc(-c2c(Cl)nc3ccccc3c2-c2ccccc2)on1. The first-order chi connectivity index (χ1) is 11.2. The van der Waals surface area contributed by atoms with Crippen LogP contribution in [0.15, 0.2) is 65.2 Å². The zero-order valence-electron chi connectivity index (χ0n) is 12.5. The van der Waals surface area contributed by atoms with Crippen molar-refractivity contribution in [1.82, 2.24) is 10.1 Å². The summed E-state index contributed by atoms with van der Waals surface area (Å²) in [4.78, 5) is 4.53. The van der Waals surface area contributed by atoms with E-state index in [2.05, 4.69) is 22.3 Å². The number of para-hydroxylation sites is 1. The Morgan fingerprint density at radius 1 is 0.913 bits per heavy atom. The van der Waals surface area contributed by atoms with E-state index in [0.717, 1.165) is 33.3 Å². The van der Waals surface area contributed by atoms with Crippen LogP contribution in [0.2, 0.25) is 5.15 Å². The molecule has 0 aliphatic carbocycles. The van der Waals surface area contributed by atoms with Crippen LogP contribution < -0.4 is 0 Å². The molecule has 0 aliphatic heterocycles. The monoisotopic (exact) mass is 320 g/mol. The maximum absolute atomic E-state index is 6.50. The van der Waals surface area contributed by atoms with Gasteiger partial charge in [0.15, 0.2) is 5.76 Å². The predicted octanol–water partition coefficient (Wildman–Crippen LogP) is 5.52. The number of benzene rings is 2. The summed E-state index contributed by atoms with van der Waals surface area (Å²) in [6.45, 7) is 1.89. The van der Waals surface area contributed by atoms with Crippen molar-refractivity contribution in [2.24, 2.45) is 0 Å². The van der Waals surface area contributed by atoms with E-state index in [1.165, 1.54) is 0 Å². The highest BCUT2D eigenvalue weighted by molar-refractivity contribution is 6.33. The van der Waals surface area contributed by atoms with E-state index in [9.17, 15) is 0 Å². The van der Waals surface area contributed by atoms with Gasteiger partial charge in [0.1, 0.15) is 5.15 Å². The number of aromatic nitrogens is 2. The molecule has 23 heavy (non-hydrogen) atoms. The summed E-state index contributed by atoms with van der Waals surface area (Å²) in [6.07, 6.45) is 0. The summed E-state index contributed by atoms with van der Waals surface area (Å²) in [5.41, 5.74) is 4.52.